The summed E-state index contributed by atoms with van der Waals surface area (Å²) in [4.78, 5) is 12.5. The van der Waals surface area contributed by atoms with Crippen molar-refractivity contribution in [2.75, 3.05) is 24.3 Å². The van der Waals surface area contributed by atoms with Crippen molar-refractivity contribution in [2.24, 2.45) is 0 Å². The van der Waals surface area contributed by atoms with E-state index in [1.807, 2.05) is 18.0 Å². The summed E-state index contributed by atoms with van der Waals surface area (Å²) in [7, 11) is 3.50. The van der Waals surface area contributed by atoms with Crippen LogP contribution in [0.25, 0.3) is 0 Å². The molecule has 2 aromatic carbocycles. The normalized spacial score (nSPS) is 10.2. The molecule has 0 aliphatic rings. The summed E-state index contributed by atoms with van der Waals surface area (Å²) in [5.74, 6) is -0.291. The highest BCUT2D eigenvalue weighted by Gasteiger charge is 2.14. The number of nitro benzene ring substituents is 1. The lowest BCUT2D eigenvalue weighted by Gasteiger charge is -2.19. The van der Waals surface area contributed by atoms with Gasteiger partial charge in [-0.05, 0) is 35.9 Å². The second-order valence-electron chi connectivity index (χ2n) is 4.69. The summed E-state index contributed by atoms with van der Waals surface area (Å²) < 4.78 is 12.9. The van der Waals surface area contributed by atoms with E-state index >= 15 is 0 Å². The molecule has 1 N–H and O–H groups in total. The molecule has 0 unspecified atom stereocenters. The minimum atomic E-state index is -0.409. The van der Waals surface area contributed by atoms with Crippen LogP contribution in [-0.4, -0.2) is 19.0 Å². The first-order chi connectivity index (χ1) is 10.0. The number of rotatable bonds is 5. The van der Waals surface area contributed by atoms with Crippen molar-refractivity contribution in [1.29, 1.82) is 0 Å². The molecule has 110 valence electrons. The number of nitro groups is 1. The van der Waals surface area contributed by atoms with Gasteiger partial charge in [-0.15, -0.1) is 0 Å². The molecule has 0 saturated heterocycles. The largest absolute Gasteiger partial charge is 0.383 e. The van der Waals surface area contributed by atoms with Crippen LogP contribution in [0.1, 0.15) is 5.56 Å². The molecule has 0 bridgehead atoms. The molecule has 5 nitrogen and oxygen atoms in total. The van der Waals surface area contributed by atoms with Crippen LogP contribution in [0.3, 0.4) is 0 Å². The Bertz CT molecular complexity index is 644. The molecule has 0 fully saturated rings. The van der Waals surface area contributed by atoms with Crippen molar-refractivity contribution in [3.8, 4) is 0 Å². The average molecular weight is 289 g/mol. The Morgan fingerprint density at radius 2 is 1.90 bits per heavy atom. The Labute approximate surface area is 122 Å². The van der Waals surface area contributed by atoms with Crippen molar-refractivity contribution in [3.63, 3.8) is 0 Å². The lowest BCUT2D eigenvalue weighted by molar-refractivity contribution is -0.384. The smallest absolute Gasteiger partial charge is 0.292 e. The van der Waals surface area contributed by atoms with Gasteiger partial charge in [-0.1, -0.05) is 6.07 Å². The Kier molecular flexibility index (Phi) is 4.37. The number of hydrogen-bond donors (Lipinski definition) is 1. The predicted octanol–water partition coefficient (Wildman–Crippen LogP) is 3.41. The van der Waals surface area contributed by atoms with Gasteiger partial charge < -0.3 is 10.2 Å². The second kappa shape index (κ2) is 6.21. The molecule has 0 aliphatic heterocycles. The fourth-order valence-electron chi connectivity index (χ4n) is 2.10. The van der Waals surface area contributed by atoms with Crippen LogP contribution in [0.15, 0.2) is 42.5 Å². The van der Waals surface area contributed by atoms with E-state index in [1.54, 1.807) is 31.3 Å². The number of nitrogens with zero attached hydrogens (tertiary/aromatic N) is 2. The first kappa shape index (κ1) is 14.8. The van der Waals surface area contributed by atoms with Gasteiger partial charge in [-0.3, -0.25) is 10.1 Å². The Hall–Kier alpha value is -2.63. The molecule has 0 atom stereocenters. The van der Waals surface area contributed by atoms with Crippen molar-refractivity contribution in [2.45, 2.75) is 6.54 Å². The third kappa shape index (κ3) is 3.47. The third-order valence-electron chi connectivity index (χ3n) is 3.22. The van der Waals surface area contributed by atoms with Gasteiger partial charge in [0.15, 0.2) is 0 Å². The molecular weight excluding hydrogens is 273 g/mol. The van der Waals surface area contributed by atoms with Gasteiger partial charge >= 0.3 is 0 Å². The summed E-state index contributed by atoms with van der Waals surface area (Å²) in [6.45, 7) is 0.496. The van der Waals surface area contributed by atoms with Crippen molar-refractivity contribution in [3.05, 3.63) is 64.0 Å². The van der Waals surface area contributed by atoms with E-state index in [2.05, 4.69) is 5.32 Å². The number of benzene rings is 2. The van der Waals surface area contributed by atoms with Crippen LogP contribution in [0.4, 0.5) is 21.5 Å². The topological polar surface area (TPSA) is 58.4 Å². The third-order valence-corrected chi connectivity index (χ3v) is 3.22. The molecule has 0 saturated carbocycles. The maximum atomic E-state index is 12.9. The van der Waals surface area contributed by atoms with E-state index in [0.29, 0.717) is 12.2 Å². The van der Waals surface area contributed by atoms with Gasteiger partial charge in [0.2, 0.25) is 0 Å². The quantitative estimate of drug-likeness (QED) is 0.677. The van der Waals surface area contributed by atoms with Crippen LogP contribution in [0.2, 0.25) is 0 Å². The summed E-state index contributed by atoms with van der Waals surface area (Å²) in [5.41, 5.74) is 2.18. The Morgan fingerprint density at radius 1 is 1.24 bits per heavy atom. The summed E-state index contributed by atoms with van der Waals surface area (Å²) in [6, 6.07) is 11.2. The molecule has 0 aromatic heterocycles. The molecule has 0 amide bonds. The van der Waals surface area contributed by atoms with Gasteiger partial charge in [0.25, 0.3) is 5.69 Å². The lowest BCUT2D eigenvalue weighted by atomic mass is 10.1. The van der Waals surface area contributed by atoms with Crippen molar-refractivity contribution >= 4 is 17.1 Å². The Morgan fingerprint density at radius 3 is 2.48 bits per heavy atom. The maximum Gasteiger partial charge on any atom is 0.292 e. The highest BCUT2D eigenvalue weighted by molar-refractivity contribution is 5.62. The zero-order valence-electron chi connectivity index (χ0n) is 11.8. The first-order valence-electron chi connectivity index (χ1n) is 6.43. The fourth-order valence-corrected chi connectivity index (χ4v) is 2.10. The van der Waals surface area contributed by atoms with E-state index in [-0.39, 0.29) is 11.5 Å². The molecule has 2 rings (SSSR count). The average Bonchev–Trinajstić information content (AvgIpc) is 2.47. The summed E-state index contributed by atoms with van der Waals surface area (Å²) in [5, 5.41) is 13.8. The first-order valence-corrected chi connectivity index (χ1v) is 6.43. The van der Waals surface area contributed by atoms with E-state index in [1.165, 1.54) is 12.1 Å². The van der Waals surface area contributed by atoms with Crippen LogP contribution in [0.5, 0.6) is 0 Å². The molecule has 0 spiro atoms. The highest BCUT2D eigenvalue weighted by Crippen LogP contribution is 2.26. The lowest BCUT2D eigenvalue weighted by Crippen LogP contribution is -2.16. The fraction of sp³-hybridized carbons (Fsp3) is 0.200. The van der Waals surface area contributed by atoms with Crippen LogP contribution >= 0.6 is 0 Å². The Balaban J connectivity index is 2.21. The highest BCUT2D eigenvalue weighted by atomic mass is 19.1. The van der Waals surface area contributed by atoms with E-state index in [0.717, 1.165) is 11.3 Å². The van der Waals surface area contributed by atoms with Gasteiger partial charge in [0.05, 0.1) is 4.92 Å². The molecule has 2 aromatic rings. The van der Waals surface area contributed by atoms with Gasteiger partial charge in [-0.2, -0.15) is 0 Å². The van der Waals surface area contributed by atoms with E-state index in [4.69, 9.17) is 0 Å². The van der Waals surface area contributed by atoms with Gasteiger partial charge in [0, 0.05) is 32.4 Å². The van der Waals surface area contributed by atoms with Crippen molar-refractivity contribution in [1.82, 2.24) is 0 Å². The monoisotopic (exact) mass is 289 g/mol. The zero-order chi connectivity index (χ0) is 15.4. The van der Waals surface area contributed by atoms with Crippen LogP contribution in [0, 0.1) is 15.9 Å². The zero-order valence-corrected chi connectivity index (χ0v) is 11.8. The van der Waals surface area contributed by atoms with Crippen molar-refractivity contribution < 1.29 is 9.31 Å². The summed E-state index contributed by atoms with van der Waals surface area (Å²) >= 11 is 0. The number of halogens is 1. The molecule has 0 aliphatic carbocycles. The number of hydrogen-bond acceptors (Lipinski definition) is 4. The predicted molar refractivity (Wildman–Crippen MR) is 81.2 cm³/mol. The number of nitrogens with one attached hydrogen (secondary N) is 1. The maximum absolute atomic E-state index is 12.9. The SMILES string of the molecule is CNc1ccc(CN(C)c2ccc(F)cc2)cc1[N+](=O)[O-]. The molecule has 21 heavy (non-hydrogen) atoms. The molecule has 6 heteroatoms. The van der Waals surface area contributed by atoms with E-state index in [9.17, 15) is 14.5 Å². The summed E-state index contributed by atoms with van der Waals surface area (Å²) in [6.07, 6.45) is 0. The minimum Gasteiger partial charge on any atom is -0.383 e. The second-order valence-corrected chi connectivity index (χ2v) is 4.69. The van der Waals surface area contributed by atoms with Crippen LogP contribution < -0.4 is 10.2 Å². The van der Waals surface area contributed by atoms with Gasteiger partial charge in [0.1, 0.15) is 11.5 Å². The minimum absolute atomic E-state index is 0.0440. The number of anilines is 2. The van der Waals surface area contributed by atoms with E-state index < -0.39 is 4.92 Å². The van der Waals surface area contributed by atoms with Gasteiger partial charge in [-0.25, -0.2) is 4.39 Å². The molecule has 0 heterocycles. The molecule has 0 radical (unpaired) electrons. The standard InChI is InChI=1S/C15H16FN3O2/c1-17-14-8-3-11(9-15(14)19(20)21)10-18(2)13-6-4-12(16)5-7-13/h3-9,17H,10H2,1-2H3. The molecular formula is C15H16FN3O2. The van der Waals surface area contributed by atoms with Crippen LogP contribution in [-0.2, 0) is 6.54 Å².